The first kappa shape index (κ1) is 16.3. The normalized spacial score (nSPS) is 20.4. The third-order valence-corrected chi connectivity index (χ3v) is 7.68. The molecule has 2 rings (SSSR count). The van der Waals surface area contributed by atoms with Gasteiger partial charge in [-0.2, -0.15) is 4.31 Å². The monoisotopic (exact) mass is 335 g/mol. The van der Waals surface area contributed by atoms with Gasteiger partial charge in [-0.3, -0.25) is 0 Å². The number of rotatable bonds is 4. The van der Waals surface area contributed by atoms with Gasteiger partial charge in [-0.15, -0.1) is 22.9 Å². The fourth-order valence-corrected chi connectivity index (χ4v) is 5.47. The number of halogens is 1. The first-order valence-corrected chi connectivity index (χ1v) is 9.73. The van der Waals surface area contributed by atoms with Gasteiger partial charge in [0.05, 0.1) is 10.8 Å². The van der Waals surface area contributed by atoms with E-state index in [4.69, 9.17) is 11.6 Å². The Bertz CT molecular complexity index is 555. The highest BCUT2D eigenvalue weighted by Crippen LogP contribution is 2.38. The van der Waals surface area contributed by atoms with Gasteiger partial charge in [-0.1, -0.05) is 13.8 Å². The molecule has 0 amide bonds. The summed E-state index contributed by atoms with van der Waals surface area (Å²) in [6.07, 6.45) is 4.03. The highest BCUT2D eigenvalue weighted by Gasteiger charge is 2.34. The van der Waals surface area contributed by atoms with Gasteiger partial charge >= 0.3 is 0 Å². The average molecular weight is 336 g/mol. The molecule has 0 bridgehead atoms. The zero-order chi connectivity index (χ0) is 15.0. The van der Waals surface area contributed by atoms with Crippen molar-refractivity contribution in [2.75, 3.05) is 7.05 Å². The van der Waals surface area contributed by atoms with E-state index in [0.29, 0.717) is 16.2 Å². The number of nitrogens with zero attached hydrogens (tertiary/aromatic N) is 1. The number of sulfonamides is 1. The lowest BCUT2D eigenvalue weighted by Gasteiger charge is -2.37. The molecule has 3 nitrogen and oxygen atoms in total. The largest absolute Gasteiger partial charge is 0.243 e. The van der Waals surface area contributed by atoms with Gasteiger partial charge in [-0.05, 0) is 37.2 Å². The van der Waals surface area contributed by atoms with E-state index in [-0.39, 0.29) is 6.04 Å². The van der Waals surface area contributed by atoms with Crippen LogP contribution < -0.4 is 0 Å². The lowest BCUT2D eigenvalue weighted by Crippen LogP contribution is -2.40. The van der Waals surface area contributed by atoms with Crippen molar-refractivity contribution in [1.82, 2.24) is 4.31 Å². The first-order chi connectivity index (χ1) is 9.26. The molecule has 0 N–H and O–H groups in total. The fraction of sp³-hybridized carbons (Fsp3) is 0.714. The van der Waals surface area contributed by atoms with Crippen LogP contribution >= 0.6 is 22.9 Å². The second kappa shape index (κ2) is 5.95. The molecule has 0 unspecified atom stereocenters. The molecule has 0 atom stereocenters. The fourth-order valence-electron chi connectivity index (χ4n) is 2.68. The molecule has 1 fully saturated rings. The first-order valence-electron chi connectivity index (χ1n) is 6.88. The quantitative estimate of drug-likeness (QED) is 0.777. The second-order valence-electron chi connectivity index (χ2n) is 6.30. The minimum atomic E-state index is -3.38. The predicted octanol–water partition coefficient (Wildman–Crippen LogP) is 4.08. The molecule has 0 saturated heterocycles. The van der Waals surface area contributed by atoms with Gasteiger partial charge in [0.2, 0.25) is 10.0 Å². The van der Waals surface area contributed by atoms with Crippen LogP contribution in [-0.2, 0) is 15.9 Å². The maximum absolute atomic E-state index is 12.6. The summed E-state index contributed by atoms with van der Waals surface area (Å²) in [6.45, 7) is 4.51. The molecule has 1 aliphatic rings. The summed E-state index contributed by atoms with van der Waals surface area (Å²) in [6, 6.07) is 1.81. The zero-order valence-corrected chi connectivity index (χ0v) is 14.6. The minimum Gasteiger partial charge on any atom is -0.207 e. The van der Waals surface area contributed by atoms with E-state index in [1.165, 1.54) is 11.3 Å². The smallest absolute Gasteiger partial charge is 0.207 e. The van der Waals surface area contributed by atoms with Crippen molar-refractivity contribution in [2.45, 2.75) is 56.3 Å². The van der Waals surface area contributed by atoms with Gasteiger partial charge in [0, 0.05) is 23.3 Å². The highest BCUT2D eigenvalue weighted by atomic mass is 35.5. The Labute approximate surface area is 131 Å². The van der Waals surface area contributed by atoms with Crippen LogP contribution in [0.4, 0.5) is 0 Å². The van der Waals surface area contributed by atoms with Gasteiger partial charge in [0.25, 0.3) is 0 Å². The van der Waals surface area contributed by atoms with Gasteiger partial charge in [0.15, 0.2) is 0 Å². The topological polar surface area (TPSA) is 37.4 Å². The third kappa shape index (κ3) is 3.38. The maximum atomic E-state index is 12.6. The molecule has 1 aliphatic carbocycles. The molecule has 20 heavy (non-hydrogen) atoms. The molecule has 1 aromatic rings. The van der Waals surface area contributed by atoms with Crippen LogP contribution in [0, 0.1) is 5.41 Å². The van der Waals surface area contributed by atoms with Crippen LogP contribution in [0.2, 0.25) is 0 Å². The number of hydrogen-bond acceptors (Lipinski definition) is 3. The van der Waals surface area contributed by atoms with E-state index >= 15 is 0 Å². The molecule has 1 aromatic heterocycles. The van der Waals surface area contributed by atoms with Gasteiger partial charge < -0.3 is 0 Å². The number of hydrogen-bond donors (Lipinski definition) is 0. The summed E-state index contributed by atoms with van der Waals surface area (Å²) in [5.41, 5.74) is 0.343. The molecule has 0 spiro atoms. The van der Waals surface area contributed by atoms with E-state index in [1.807, 2.05) is 0 Å². The molecule has 0 aliphatic heterocycles. The van der Waals surface area contributed by atoms with E-state index in [0.717, 1.165) is 30.6 Å². The van der Waals surface area contributed by atoms with Crippen molar-refractivity contribution in [3.05, 3.63) is 16.3 Å². The Morgan fingerprint density at radius 3 is 2.50 bits per heavy atom. The average Bonchev–Trinajstić information content (AvgIpc) is 2.87. The lowest BCUT2D eigenvalue weighted by molar-refractivity contribution is 0.174. The molecule has 114 valence electrons. The van der Waals surface area contributed by atoms with Crippen LogP contribution in [0.1, 0.15) is 44.4 Å². The van der Waals surface area contributed by atoms with Crippen molar-refractivity contribution in [2.24, 2.45) is 5.41 Å². The number of alkyl halides is 1. The van der Waals surface area contributed by atoms with Crippen LogP contribution in [-0.4, -0.2) is 25.8 Å². The van der Waals surface area contributed by atoms with Crippen molar-refractivity contribution in [3.63, 3.8) is 0 Å². The minimum absolute atomic E-state index is 0.118. The van der Waals surface area contributed by atoms with Crippen molar-refractivity contribution >= 4 is 33.0 Å². The van der Waals surface area contributed by atoms with E-state index in [1.54, 1.807) is 22.8 Å². The molecule has 0 aromatic carbocycles. The van der Waals surface area contributed by atoms with Gasteiger partial charge in [0.1, 0.15) is 0 Å². The van der Waals surface area contributed by atoms with Crippen molar-refractivity contribution in [1.29, 1.82) is 0 Å². The van der Waals surface area contributed by atoms with Crippen LogP contribution in [0.25, 0.3) is 0 Å². The standard InChI is InChI=1S/C14H22ClNO2S2/c1-14(2)6-4-11(5-7-14)16(3)20(17,18)13-8-12(9-15)19-10-13/h8,10-11H,4-7,9H2,1-3H3. The molecule has 6 heteroatoms. The molecule has 1 heterocycles. The van der Waals surface area contributed by atoms with E-state index in [2.05, 4.69) is 13.8 Å². The summed E-state index contributed by atoms with van der Waals surface area (Å²) in [7, 11) is -1.68. The zero-order valence-electron chi connectivity index (χ0n) is 12.2. The third-order valence-electron chi connectivity index (χ3n) is 4.26. The van der Waals surface area contributed by atoms with E-state index < -0.39 is 10.0 Å². The summed E-state index contributed by atoms with van der Waals surface area (Å²) in [5.74, 6) is 0.363. The molecule has 1 saturated carbocycles. The van der Waals surface area contributed by atoms with Crippen molar-refractivity contribution < 1.29 is 8.42 Å². The summed E-state index contributed by atoms with van der Waals surface area (Å²) < 4.78 is 26.8. The number of thiophene rings is 1. The predicted molar refractivity (Wildman–Crippen MR) is 84.9 cm³/mol. The van der Waals surface area contributed by atoms with Crippen LogP contribution in [0.3, 0.4) is 0 Å². The summed E-state index contributed by atoms with van der Waals surface area (Å²) in [5, 5.41) is 1.69. The Balaban J connectivity index is 2.13. The second-order valence-corrected chi connectivity index (χ2v) is 9.56. The summed E-state index contributed by atoms with van der Waals surface area (Å²) in [4.78, 5) is 1.27. The van der Waals surface area contributed by atoms with Crippen LogP contribution in [0.5, 0.6) is 0 Å². The molecule has 0 radical (unpaired) electrons. The molecular weight excluding hydrogens is 314 g/mol. The molecular formula is C14H22ClNO2S2. The highest BCUT2D eigenvalue weighted by molar-refractivity contribution is 7.89. The van der Waals surface area contributed by atoms with Gasteiger partial charge in [-0.25, -0.2) is 8.42 Å². The van der Waals surface area contributed by atoms with Crippen molar-refractivity contribution in [3.8, 4) is 0 Å². The lowest BCUT2D eigenvalue weighted by atomic mass is 9.76. The Hall–Kier alpha value is -0.100. The Morgan fingerprint density at radius 1 is 1.40 bits per heavy atom. The SMILES string of the molecule is CN(C1CCC(C)(C)CC1)S(=O)(=O)c1csc(CCl)c1. The summed E-state index contributed by atoms with van der Waals surface area (Å²) >= 11 is 7.15. The van der Waals surface area contributed by atoms with E-state index in [9.17, 15) is 8.42 Å². The Morgan fingerprint density at radius 2 is 2.00 bits per heavy atom. The van der Waals surface area contributed by atoms with Crippen LogP contribution in [0.15, 0.2) is 16.3 Å². The Kier molecular flexibility index (Phi) is 4.84. The maximum Gasteiger partial charge on any atom is 0.243 e.